The monoisotopic (exact) mass is 303 g/mol. The first-order valence-corrected chi connectivity index (χ1v) is 8.68. The van der Waals surface area contributed by atoms with E-state index in [2.05, 4.69) is 11.6 Å². The summed E-state index contributed by atoms with van der Waals surface area (Å²) in [4.78, 5) is 0.296. The van der Waals surface area contributed by atoms with Crippen molar-refractivity contribution in [2.45, 2.75) is 38.0 Å². The molecule has 4 heteroatoms. The van der Waals surface area contributed by atoms with Crippen molar-refractivity contribution in [3.8, 4) is 0 Å². The summed E-state index contributed by atoms with van der Waals surface area (Å²) in [6.07, 6.45) is 3.24. The highest BCUT2D eigenvalue weighted by Crippen LogP contribution is 2.18. The van der Waals surface area contributed by atoms with Crippen LogP contribution in [0.15, 0.2) is 53.4 Å². The number of hydrogen-bond acceptors (Lipinski definition) is 2. The van der Waals surface area contributed by atoms with Gasteiger partial charge in [0.05, 0.1) is 4.90 Å². The van der Waals surface area contributed by atoms with E-state index in [1.165, 1.54) is 5.56 Å². The predicted molar refractivity (Wildman–Crippen MR) is 87.0 cm³/mol. The lowest BCUT2D eigenvalue weighted by atomic mass is 10.1. The molecule has 0 fully saturated rings. The molecule has 112 valence electrons. The van der Waals surface area contributed by atoms with Crippen molar-refractivity contribution in [1.29, 1.82) is 0 Å². The number of sulfonamides is 1. The van der Waals surface area contributed by atoms with Gasteiger partial charge in [-0.2, -0.15) is 0 Å². The Balaban J connectivity index is 2.15. The molecule has 1 N–H and O–H groups in total. The van der Waals surface area contributed by atoms with Gasteiger partial charge in [-0.3, -0.25) is 4.72 Å². The third-order valence-electron chi connectivity index (χ3n) is 3.32. The van der Waals surface area contributed by atoms with Crippen LogP contribution >= 0.6 is 0 Å². The van der Waals surface area contributed by atoms with E-state index < -0.39 is 10.0 Å². The number of aryl methyl sites for hydroxylation is 2. The van der Waals surface area contributed by atoms with Gasteiger partial charge in [-0.25, -0.2) is 8.42 Å². The molecule has 2 rings (SSSR count). The summed E-state index contributed by atoms with van der Waals surface area (Å²) in [5.74, 6) is 0. The van der Waals surface area contributed by atoms with Crippen LogP contribution in [0.1, 0.15) is 30.9 Å². The molecule has 0 aliphatic carbocycles. The van der Waals surface area contributed by atoms with Crippen molar-refractivity contribution in [1.82, 2.24) is 0 Å². The second-order valence-corrected chi connectivity index (χ2v) is 6.90. The standard InChI is InChI=1S/C17H21NO2S/c1-3-4-7-15-9-11-17(12-10-15)21(19,20)18-16-8-5-6-14(2)13-16/h5-6,8-13,18H,3-4,7H2,1-2H3. The third-order valence-corrected chi connectivity index (χ3v) is 4.72. The average molecular weight is 303 g/mol. The summed E-state index contributed by atoms with van der Waals surface area (Å²) in [6.45, 7) is 4.07. The maximum Gasteiger partial charge on any atom is 0.261 e. The Morgan fingerprint density at radius 1 is 1.05 bits per heavy atom. The fraction of sp³-hybridized carbons (Fsp3) is 0.294. The van der Waals surface area contributed by atoms with E-state index in [4.69, 9.17) is 0 Å². The molecule has 0 aliphatic rings. The third kappa shape index (κ3) is 4.33. The van der Waals surface area contributed by atoms with Crippen molar-refractivity contribution >= 4 is 15.7 Å². The fourth-order valence-corrected chi connectivity index (χ4v) is 3.19. The molecule has 0 aliphatic heterocycles. The van der Waals surface area contributed by atoms with Crippen molar-refractivity contribution in [3.05, 3.63) is 59.7 Å². The fourth-order valence-electron chi connectivity index (χ4n) is 2.14. The highest BCUT2D eigenvalue weighted by molar-refractivity contribution is 7.92. The second-order valence-electron chi connectivity index (χ2n) is 5.22. The predicted octanol–water partition coefficient (Wildman–Crippen LogP) is 4.14. The van der Waals surface area contributed by atoms with Crippen LogP contribution in [0, 0.1) is 6.92 Å². The Hall–Kier alpha value is -1.81. The number of anilines is 1. The van der Waals surface area contributed by atoms with Gasteiger partial charge in [0, 0.05) is 5.69 Å². The van der Waals surface area contributed by atoms with E-state index in [9.17, 15) is 8.42 Å². The van der Waals surface area contributed by atoms with Gasteiger partial charge in [0.15, 0.2) is 0 Å². The van der Waals surface area contributed by atoms with Crippen molar-refractivity contribution in [2.75, 3.05) is 4.72 Å². The maximum atomic E-state index is 12.3. The van der Waals surface area contributed by atoms with Crippen LogP contribution in [0.5, 0.6) is 0 Å². The van der Waals surface area contributed by atoms with E-state index in [0.717, 1.165) is 24.8 Å². The molecular weight excluding hydrogens is 282 g/mol. The molecule has 0 radical (unpaired) electrons. The summed E-state index contributed by atoms with van der Waals surface area (Å²) in [6, 6.07) is 14.4. The van der Waals surface area contributed by atoms with Crippen molar-refractivity contribution in [2.24, 2.45) is 0 Å². The number of unbranched alkanes of at least 4 members (excludes halogenated alkanes) is 1. The van der Waals surface area contributed by atoms with Gasteiger partial charge in [-0.1, -0.05) is 37.6 Å². The average Bonchev–Trinajstić information content (AvgIpc) is 2.45. The molecule has 0 amide bonds. The van der Waals surface area contributed by atoms with E-state index in [1.807, 2.05) is 37.3 Å². The molecule has 0 heterocycles. The zero-order valence-corrected chi connectivity index (χ0v) is 13.3. The van der Waals surface area contributed by atoms with Crippen LogP contribution in [-0.2, 0) is 16.4 Å². The lowest BCUT2D eigenvalue weighted by molar-refractivity contribution is 0.601. The normalized spacial score (nSPS) is 11.3. The highest BCUT2D eigenvalue weighted by Gasteiger charge is 2.13. The SMILES string of the molecule is CCCCc1ccc(S(=O)(=O)Nc2cccc(C)c2)cc1. The molecule has 3 nitrogen and oxygen atoms in total. The summed E-state index contributed by atoms with van der Waals surface area (Å²) in [5.41, 5.74) is 2.78. The van der Waals surface area contributed by atoms with Gasteiger partial charge in [0.25, 0.3) is 10.0 Å². The Morgan fingerprint density at radius 3 is 2.38 bits per heavy atom. The van der Waals surface area contributed by atoms with Crippen LogP contribution in [0.2, 0.25) is 0 Å². The van der Waals surface area contributed by atoms with Crippen molar-refractivity contribution in [3.63, 3.8) is 0 Å². The molecule has 2 aromatic rings. The quantitative estimate of drug-likeness (QED) is 0.872. The molecule has 0 aromatic heterocycles. The van der Waals surface area contributed by atoms with Gasteiger partial charge in [0.2, 0.25) is 0 Å². The molecular formula is C17H21NO2S. The topological polar surface area (TPSA) is 46.2 Å². The van der Waals surface area contributed by atoms with Crippen LogP contribution < -0.4 is 4.72 Å². The molecule has 21 heavy (non-hydrogen) atoms. The highest BCUT2D eigenvalue weighted by atomic mass is 32.2. The first-order valence-electron chi connectivity index (χ1n) is 7.19. The zero-order chi connectivity index (χ0) is 15.3. The number of benzene rings is 2. The molecule has 2 aromatic carbocycles. The van der Waals surface area contributed by atoms with E-state index in [1.54, 1.807) is 18.2 Å². The summed E-state index contributed by atoms with van der Waals surface area (Å²) >= 11 is 0. The molecule has 0 atom stereocenters. The van der Waals surface area contributed by atoms with E-state index >= 15 is 0 Å². The first-order chi connectivity index (χ1) is 10.0. The van der Waals surface area contributed by atoms with Crippen LogP contribution in [0.4, 0.5) is 5.69 Å². The zero-order valence-electron chi connectivity index (χ0n) is 12.5. The molecule has 0 saturated carbocycles. The minimum Gasteiger partial charge on any atom is -0.280 e. The van der Waals surface area contributed by atoms with E-state index in [0.29, 0.717) is 10.6 Å². The van der Waals surface area contributed by atoms with Gasteiger partial charge >= 0.3 is 0 Å². The smallest absolute Gasteiger partial charge is 0.261 e. The Kier molecular flexibility index (Phi) is 5.02. The largest absolute Gasteiger partial charge is 0.280 e. The van der Waals surface area contributed by atoms with Gasteiger partial charge < -0.3 is 0 Å². The summed E-state index contributed by atoms with van der Waals surface area (Å²) < 4.78 is 27.3. The number of rotatable bonds is 6. The Morgan fingerprint density at radius 2 is 1.76 bits per heavy atom. The lowest BCUT2D eigenvalue weighted by Crippen LogP contribution is -2.13. The number of nitrogens with one attached hydrogen (secondary N) is 1. The van der Waals surface area contributed by atoms with Crippen LogP contribution in [0.25, 0.3) is 0 Å². The maximum absolute atomic E-state index is 12.3. The second kappa shape index (κ2) is 6.76. The molecule has 0 bridgehead atoms. The van der Waals surface area contributed by atoms with Gasteiger partial charge in [-0.05, 0) is 55.2 Å². The van der Waals surface area contributed by atoms with Crippen molar-refractivity contribution < 1.29 is 8.42 Å². The Labute approximate surface area is 127 Å². The first kappa shape index (κ1) is 15.6. The Bertz CT molecular complexity index is 691. The van der Waals surface area contributed by atoms with Gasteiger partial charge in [-0.15, -0.1) is 0 Å². The molecule has 0 unspecified atom stereocenters. The van der Waals surface area contributed by atoms with E-state index in [-0.39, 0.29) is 0 Å². The minimum absolute atomic E-state index is 0.296. The van der Waals surface area contributed by atoms with Crippen LogP contribution in [-0.4, -0.2) is 8.42 Å². The van der Waals surface area contributed by atoms with Crippen LogP contribution in [0.3, 0.4) is 0 Å². The molecule has 0 spiro atoms. The minimum atomic E-state index is -3.52. The lowest BCUT2D eigenvalue weighted by Gasteiger charge is -2.09. The number of hydrogen-bond donors (Lipinski definition) is 1. The summed E-state index contributed by atoms with van der Waals surface area (Å²) in [5, 5.41) is 0. The summed E-state index contributed by atoms with van der Waals surface area (Å²) in [7, 11) is -3.52. The molecule has 0 saturated heterocycles. The van der Waals surface area contributed by atoms with Gasteiger partial charge in [0.1, 0.15) is 0 Å².